The number of hydrogen-bond donors (Lipinski definition) is 1. The van der Waals surface area contributed by atoms with Crippen molar-refractivity contribution in [3.63, 3.8) is 0 Å². The van der Waals surface area contributed by atoms with Gasteiger partial charge >= 0.3 is 5.69 Å². The monoisotopic (exact) mass is 329 g/mol. The minimum absolute atomic E-state index is 0.185. The Balaban J connectivity index is 2.40. The van der Waals surface area contributed by atoms with Gasteiger partial charge in [-0.25, -0.2) is 17.9 Å². The summed E-state index contributed by atoms with van der Waals surface area (Å²) in [6.07, 6.45) is 3.89. The molecule has 1 N–H and O–H groups in total. The van der Waals surface area contributed by atoms with Gasteiger partial charge < -0.3 is 4.57 Å². The maximum absolute atomic E-state index is 12.5. The highest BCUT2D eigenvalue weighted by Gasteiger charge is 2.32. The normalized spacial score (nSPS) is 26.1. The molecular weight excluding hydrogens is 306 g/mol. The molecule has 0 bridgehead atoms. The summed E-state index contributed by atoms with van der Waals surface area (Å²) >= 11 is 0. The van der Waals surface area contributed by atoms with E-state index in [0.717, 1.165) is 34.6 Å². The van der Waals surface area contributed by atoms with E-state index in [1.807, 2.05) is 6.92 Å². The number of sulfonamides is 1. The molecule has 1 aromatic rings. The van der Waals surface area contributed by atoms with Crippen LogP contribution in [-0.4, -0.2) is 23.6 Å². The van der Waals surface area contributed by atoms with Crippen molar-refractivity contribution in [1.29, 1.82) is 0 Å². The van der Waals surface area contributed by atoms with Crippen LogP contribution in [0.5, 0.6) is 0 Å². The molecule has 8 heteroatoms. The second-order valence-corrected chi connectivity index (χ2v) is 7.93. The van der Waals surface area contributed by atoms with Crippen molar-refractivity contribution in [3.05, 3.63) is 27.0 Å². The Kier molecular flexibility index (Phi) is 4.62. The Labute approximate surface area is 130 Å². The van der Waals surface area contributed by atoms with Crippen molar-refractivity contribution in [1.82, 2.24) is 13.9 Å². The molecule has 1 saturated carbocycles. The second-order valence-electron chi connectivity index (χ2n) is 6.25. The summed E-state index contributed by atoms with van der Waals surface area (Å²) in [7, 11) is -1.26. The number of nitrogens with one attached hydrogen (secondary N) is 1. The minimum atomic E-state index is -3.95. The maximum atomic E-state index is 12.5. The third kappa shape index (κ3) is 3.03. The predicted octanol–water partition coefficient (Wildman–Crippen LogP) is 0.187. The number of hydrogen-bond acceptors (Lipinski definition) is 4. The lowest BCUT2D eigenvalue weighted by molar-refractivity contribution is 0.227. The van der Waals surface area contributed by atoms with Gasteiger partial charge in [0.1, 0.15) is 0 Å². The standard InChI is InChI=1S/C14H23N3O4S/c1-9-6-5-7-11(10(9)2)15-22(20,21)12-8-16(3)14(19)17(4)13(12)18/h8-11,15H,5-7H2,1-4H3/t9-,10+,11+/m1/s1. The van der Waals surface area contributed by atoms with Gasteiger partial charge in [0.15, 0.2) is 4.90 Å². The van der Waals surface area contributed by atoms with Crippen molar-refractivity contribution in [2.45, 2.75) is 44.0 Å². The summed E-state index contributed by atoms with van der Waals surface area (Å²) in [5, 5.41) is 0. The molecule has 0 unspecified atom stereocenters. The Morgan fingerprint density at radius 1 is 1.18 bits per heavy atom. The van der Waals surface area contributed by atoms with Crippen molar-refractivity contribution in [2.75, 3.05) is 0 Å². The van der Waals surface area contributed by atoms with Crippen LogP contribution in [-0.2, 0) is 24.1 Å². The third-order valence-electron chi connectivity index (χ3n) is 4.72. The van der Waals surface area contributed by atoms with Crippen LogP contribution in [0.25, 0.3) is 0 Å². The van der Waals surface area contributed by atoms with Crippen molar-refractivity contribution in [2.24, 2.45) is 25.9 Å². The molecule has 0 aromatic carbocycles. The highest BCUT2D eigenvalue weighted by Crippen LogP contribution is 2.30. The van der Waals surface area contributed by atoms with Gasteiger partial charge in [0.05, 0.1) is 0 Å². The molecule has 1 fully saturated rings. The van der Waals surface area contributed by atoms with Crippen LogP contribution in [0.1, 0.15) is 33.1 Å². The van der Waals surface area contributed by atoms with Crippen LogP contribution in [0, 0.1) is 11.8 Å². The van der Waals surface area contributed by atoms with Gasteiger partial charge in [-0.1, -0.05) is 26.7 Å². The number of nitrogens with zero attached hydrogens (tertiary/aromatic N) is 2. The van der Waals surface area contributed by atoms with Gasteiger partial charge in [0.25, 0.3) is 5.56 Å². The molecule has 124 valence electrons. The lowest BCUT2D eigenvalue weighted by Crippen LogP contribution is -2.47. The SMILES string of the molecule is C[C@H]1[C@H](C)CCC[C@@H]1NS(=O)(=O)c1cn(C)c(=O)n(C)c1=O. The van der Waals surface area contributed by atoms with E-state index < -0.39 is 21.3 Å². The zero-order valence-corrected chi connectivity index (χ0v) is 14.2. The Morgan fingerprint density at radius 2 is 1.82 bits per heavy atom. The quantitative estimate of drug-likeness (QED) is 0.857. The van der Waals surface area contributed by atoms with E-state index in [9.17, 15) is 18.0 Å². The Hall–Kier alpha value is -1.41. The maximum Gasteiger partial charge on any atom is 0.330 e. The first-order valence-corrected chi connectivity index (χ1v) is 8.92. The molecule has 0 spiro atoms. The van der Waals surface area contributed by atoms with Crippen LogP contribution in [0.15, 0.2) is 20.7 Å². The average molecular weight is 329 g/mol. The smallest absolute Gasteiger partial charge is 0.302 e. The van der Waals surface area contributed by atoms with E-state index in [1.165, 1.54) is 14.1 Å². The van der Waals surface area contributed by atoms with Gasteiger partial charge in [-0.3, -0.25) is 9.36 Å². The van der Waals surface area contributed by atoms with E-state index >= 15 is 0 Å². The summed E-state index contributed by atoms with van der Waals surface area (Å²) in [4.78, 5) is 23.4. The Bertz CT molecular complexity index is 778. The Morgan fingerprint density at radius 3 is 2.45 bits per heavy atom. The van der Waals surface area contributed by atoms with Crippen LogP contribution < -0.4 is 16.0 Å². The van der Waals surface area contributed by atoms with E-state index in [2.05, 4.69) is 11.6 Å². The fourth-order valence-electron chi connectivity index (χ4n) is 2.97. The summed E-state index contributed by atoms with van der Waals surface area (Å²) in [6, 6.07) is -0.185. The highest BCUT2D eigenvalue weighted by atomic mass is 32.2. The summed E-state index contributed by atoms with van der Waals surface area (Å²) in [6.45, 7) is 4.13. The highest BCUT2D eigenvalue weighted by molar-refractivity contribution is 7.89. The zero-order chi connectivity index (χ0) is 16.7. The van der Waals surface area contributed by atoms with Crippen LogP contribution >= 0.6 is 0 Å². The molecule has 1 aliphatic rings. The molecule has 0 saturated heterocycles. The van der Waals surface area contributed by atoms with E-state index in [1.54, 1.807) is 0 Å². The summed E-state index contributed by atoms with van der Waals surface area (Å²) in [5.41, 5.74) is -1.35. The predicted molar refractivity (Wildman–Crippen MR) is 83.2 cm³/mol. The number of aromatic nitrogens is 2. The number of rotatable bonds is 3. The van der Waals surface area contributed by atoms with E-state index in [-0.39, 0.29) is 16.9 Å². The molecule has 7 nitrogen and oxygen atoms in total. The molecule has 0 amide bonds. The van der Waals surface area contributed by atoms with Gasteiger partial charge in [-0.2, -0.15) is 0 Å². The van der Waals surface area contributed by atoms with Gasteiger partial charge in [-0.15, -0.1) is 0 Å². The van der Waals surface area contributed by atoms with Crippen LogP contribution in [0.4, 0.5) is 0 Å². The molecule has 1 aromatic heterocycles. The molecule has 1 heterocycles. The third-order valence-corrected chi connectivity index (χ3v) is 6.19. The minimum Gasteiger partial charge on any atom is -0.302 e. The van der Waals surface area contributed by atoms with Gasteiger partial charge in [-0.05, 0) is 18.3 Å². The fourth-order valence-corrected chi connectivity index (χ4v) is 4.49. The van der Waals surface area contributed by atoms with Crippen molar-refractivity contribution in [3.8, 4) is 0 Å². The first-order chi connectivity index (χ1) is 10.1. The molecule has 1 aliphatic carbocycles. The molecule has 2 rings (SSSR count). The molecule has 0 radical (unpaired) electrons. The zero-order valence-electron chi connectivity index (χ0n) is 13.4. The summed E-state index contributed by atoms with van der Waals surface area (Å²) in [5.74, 6) is 0.643. The van der Waals surface area contributed by atoms with E-state index in [0.29, 0.717) is 5.92 Å². The lowest BCUT2D eigenvalue weighted by atomic mass is 9.78. The second kappa shape index (κ2) is 6.00. The van der Waals surface area contributed by atoms with Crippen molar-refractivity contribution >= 4 is 10.0 Å². The first kappa shape index (κ1) is 17.0. The molecule has 3 atom stereocenters. The van der Waals surface area contributed by atoms with Crippen LogP contribution in [0.2, 0.25) is 0 Å². The average Bonchev–Trinajstić information content (AvgIpc) is 2.45. The lowest BCUT2D eigenvalue weighted by Gasteiger charge is -2.34. The molecule has 0 aliphatic heterocycles. The largest absolute Gasteiger partial charge is 0.330 e. The molecule has 22 heavy (non-hydrogen) atoms. The van der Waals surface area contributed by atoms with Crippen molar-refractivity contribution < 1.29 is 8.42 Å². The number of aryl methyl sites for hydroxylation is 1. The van der Waals surface area contributed by atoms with Crippen LogP contribution in [0.3, 0.4) is 0 Å². The van der Waals surface area contributed by atoms with Gasteiger partial charge in [0, 0.05) is 26.3 Å². The topological polar surface area (TPSA) is 90.2 Å². The first-order valence-electron chi connectivity index (χ1n) is 7.44. The summed E-state index contributed by atoms with van der Waals surface area (Å²) < 4.78 is 29.7. The molecular formula is C14H23N3O4S. The van der Waals surface area contributed by atoms with Gasteiger partial charge in [0.2, 0.25) is 10.0 Å². The fraction of sp³-hybridized carbons (Fsp3) is 0.714. The van der Waals surface area contributed by atoms with E-state index in [4.69, 9.17) is 0 Å².